The number of nitrogens with one attached hydrogen (secondary N) is 1. The van der Waals surface area contributed by atoms with E-state index in [0.717, 1.165) is 5.69 Å². The summed E-state index contributed by atoms with van der Waals surface area (Å²) in [7, 11) is 0. The minimum Gasteiger partial charge on any atom is -0.324 e. The van der Waals surface area contributed by atoms with Crippen molar-refractivity contribution in [2.24, 2.45) is 0 Å². The molecule has 1 atom stereocenters. The van der Waals surface area contributed by atoms with Crippen molar-refractivity contribution in [3.63, 3.8) is 0 Å². The second-order valence-electron chi connectivity index (χ2n) is 5.05. The lowest BCUT2D eigenvalue weighted by atomic mass is 10.3. The van der Waals surface area contributed by atoms with Gasteiger partial charge in [-0.05, 0) is 31.2 Å². The average molecular weight is 359 g/mol. The molecule has 1 heterocycles. The van der Waals surface area contributed by atoms with Gasteiger partial charge in [-0.1, -0.05) is 53.7 Å². The van der Waals surface area contributed by atoms with E-state index in [0.29, 0.717) is 15.9 Å². The molecule has 0 saturated heterocycles. The molecule has 0 bridgehead atoms. The van der Waals surface area contributed by atoms with Crippen LogP contribution in [-0.2, 0) is 4.79 Å². The van der Waals surface area contributed by atoms with Crippen LogP contribution >= 0.6 is 23.4 Å². The molecule has 0 aliphatic heterocycles. The Balaban J connectivity index is 1.72. The molecule has 2 aromatic carbocycles. The molecule has 122 valence electrons. The Labute approximate surface area is 149 Å². The van der Waals surface area contributed by atoms with Gasteiger partial charge >= 0.3 is 0 Å². The fraction of sp³-hybridized carbons (Fsp3) is 0.118. The molecule has 7 heteroatoms. The normalized spacial score (nSPS) is 11.9. The van der Waals surface area contributed by atoms with Gasteiger partial charge in [-0.3, -0.25) is 9.36 Å². The number of halogens is 1. The number of rotatable bonds is 5. The smallest absolute Gasteiger partial charge is 0.237 e. The van der Waals surface area contributed by atoms with E-state index >= 15 is 0 Å². The van der Waals surface area contributed by atoms with E-state index in [1.165, 1.54) is 11.8 Å². The summed E-state index contributed by atoms with van der Waals surface area (Å²) in [5.74, 6) is -0.143. The zero-order valence-corrected chi connectivity index (χ0v) is 14.5. The van der Waals surface area contributed by atoms with Crippen LogP contribution in [0.5, 0.6) is 0 Å². The number of anilines is 1. The van der Waals surface area contributed by atoms with Gasteiger partial charge in [-0.25, -0.2) is 0 Å². The van der Waals surface area contributed by atoms with Crippen molar-refractivity contribution in [1.82, 2.24) is 14.8 Å². The molecule has 1 amide bonds. The van der Waals surface area contributed by atoms with Gasteiger partial charge < -0.3 is 5.32 Å². The van der Waals surface area contributed by atoms with Crippen LogP contribution in [0.3, 0.4) is 0 Å². The summed E-state index contributed by atoms with van der Waals surface area (Å²) in [5, 5.41) is 11.7. The fourth-order valence-electron chi connectivity index (χ4n) is 2.08. The highest BCUT2D eigenvalue weighted by Gasteiger charge is 2.19. The molecular weight excluding hydrogens is 344 g/mol. The van der Waals surface area contributed by atoms with Gasteiger partial charge in [-0.15, -0.1) is 10.2 Å². The summed E-state index contributed by atoms with van der Waals surface area (Å²) in [5.41, 5.74) is 1.55. The highest BCUT2D eigenvalue weighted by Crippen LogP contribution is 2.26. The van der Waals surface area contributed by atoms with Gasteiger partial charge in [0.05, 0.1) is 16.0 Å². The number of hydrogen-bond donors (Lipinski definition) is 1. The topological polar surface area (TPSA) is 59.8 Å². The number of thioether (sulfide) groups is 1. The first-order valence-corrected chi connectivity index (χ1v) is 8.58. The van der Waals surface area contributed by atoms with Gasteiger partial charge in [-0.2, -0.15) is 0 Å². The SMILES string of the molecule is CC(Sc1nncn1-c1ccccc1)C(=O)Nc1ccccc1Cl. The first kappa shape index (κ1) is 16.5. The maximum atomic E-state index is 12.4. The van der Waals surface area contributed by atoms with Crippen molar-refractivity contribution in [2.75, 3.05) is 5.32 Å². The predicted molar refractivity (Wildman–Crippen MR) is 96.8 cm³/mol. The molecule has 3 rings (SSSR count). The summed E-state index contributed by atoms with van der Waals surface area (Å²) < 4.78 is 1.85. The Kier molecular flexibility index (Phi) is 5.17. The molecule has 24 heavy (non-hydrogen) atoms. The molecule has 0 aliphatic carbocycles. The van der Waals surface area contributed by atoms with Gasteiger partial charge in [0.25, 0.3) is 0 Å². The summed E-state index contributed by atoms with van der Waals surface area (Å²) in [6.07, 6.45) is 1.64. The molecule has 0 aliphatic rings. The van der Waals surface area contributed by atoms with E-state index in [4.69, 9.17) is 11.6 Å². The van der Waals surface area contributed by atoms with Crippen LogP contribution in [0.25, 0.3) is 5.69 Å². The van der Waals surface area contributed by atoms with E-state index in [2.05, 4.69) is 15.5 Å². The van der Waals surface area contributed by atoms with Crippen molar-refractivity contribution in [1.29, 1.82) is 0 Å². The Morgan fingerprint density at radius 3 is 2.62 bits per heavy atom. The van der Waals surface area contributed by atoms with E-state index in [1.54, 1.807) is 18.5 Å². The first-order valence-electron chi connectivity index (χ1n) is 7.32. The molecule has 5 nitrogen and oxygen atoms in total. The largest absolute Gasteiger partial charge is 0.324 e. The van der Waals surface area contributed by atoms with Crippen molar-refractivity contribution in [3.05, 3.63) is 65.9 Å². The lowest BCUT2D eigenvalue weighted by molar-refractivity contribution is -0.115. The fourth-order valence-corrected chi connectivity index (χ4v) is 3.10. The van der Waals surface area contributed by atoms with Crippen LogP contribution in [0.4, 0.5) is 5.69 Å². The maximum absolute atomic E-state index is 12.4. The van der Waals surface area contributed by atoms with Crippen molar-refractivity contribution < 1.29 is 4.79 Å². The number of aromatic nitrogens is 3. The summed E-state index contributed by atoms with van der Waals surface area (Å²) in [6.45, 7) is 1.82. The number of para-hydroxylation sites is 2. The zero-order chi connectivity index (χ0) is 16.9. The van der Waals surface area contributed by atoms with E-state index in [-0.39, 0.29) is 11.2 Å². The molecule has 1 unspecified atom stereocenters. The number of hydrogen-bond acceptors (Lipinski definition) is 4. The third kappa shape index (κ3) is 3.77. The van der Waals surface area contributed by atoms with Gasteiger partial charge in [0, 0.05) is 5.69 Å². The third-order valence-electron chi connectivity index (χ3n) is 3.33. The number of nitrogens with zero attached hydrogens (tertiary/aromatic N) is 3. The predicted octanol–water partition coefficient (Wildman–Crippen LogP) is 4.04. The van der Waals surface area contributed by atoms with Crippen LogP contribution in [0.15, 0.2) is 66.1 Å². The van der Waals surface area contributed by atoms with Crippen LogP contribution in [0.2, 0.25) is 5.02 Å². The highest BCUT2D eigenvalue weighted by atomic mass is 35.5. The second-order valence-corrected chi connectivity index (χ2v) is 6.76. The lowest BCUT2D eigenvalue weighted by Crippen LogP contribution is -2.23. The van der Waals surface area contributed by atoms with Crippen LogP contribution in [-0.4, -0.2) is 25.9 Å². The molecule has 0 saturated carbocycles. The molecule has 0 fully saturated rings. The van der Waals surface area contributed by atoms with Gasteiger partial charge in [0.2, 0.25) is 5.91 Å². The third-order valence-corrected chi connectivity index (χ3v) is 4.72. The quantitative estimate of drug-likeness (QED) is 0.699. The van der Waals surface area contributed by atoms with E-state index < -0.39 is 0 Å². The van der Waals surface area contributed by atoms with E-state index in [9.17, 15) is 4.79 Å². The second kappa shape index (κ2) is 7.51. The summed E-state index contributed by atoms with van der Waals surface area (Å²) >= 11 is 7.41. The number of carbonyl (C=O) groups is 1. The van der Waals surface area contributed by atoms with Crippen LogP contribution in [0.1, 0.15) is 6.92 Å². The van der Waals surface area contributed by atoms with Gasteiger partial charge in [0.15, 0.2) is 5.16 Å². The maximum Gasteiger partial charge on any atom is 0.237 e. The molecule has 0 radical (unpaired) electrons. The summed E-state index contributed by atoms with van der Waals surface area (Å²) in [6, 6.07) is 16.9. The van der Waals surface area contributed by atoms with Crippen molar-refractivity contribution in [2.45, 2.75) is 17.3 Å². The van der Waals surface area contributed by atoms with Gasteiger partial charge in [0.1, 0.15) is 6.33 Å². The first-order chi connectivity index (χ1) is 11.6. The Hall–Kier alpha value is -2.31. The minimum absolute atomic E-state index is 0.143. The van der Waals surface area contributed by atoms with Crippen LogP contribution in [0, 0.1) is 0 Å². The summed E-state index contributed by atoms with van der Waals surface area (Å²) in [4.78, 5) is 12.4. The molecular formula is C17H15ClN4OS. The van der Waals surface area contributed by atoms with E-state index in [1.807, 2.05) is 54.0 Å². The monoisotopic (exact) mass is 358 g/mol. The minimum atomic E-state index is -0.354. The molecule has 1 aromatic heterocycles. The number of carbonyl (C=O) groups excluding carboxylic acids is 1. The molecule has 0 spiro atoms. The zero-order valence-electron chi connectivity index (χ0n) is 12.9. The van der Waals surface area contributed by atoms with Crippen molar-refractivity contribution >= 4 is 35.0 Å². The average Bonchev–Trinajstić information content (AvgIpc) is 3.05. The highest BCUT2D eigenvalue weighted by molar-refractivity contribution is 8.00. The Morgan fingerprint density at radius 1 is 1.17 bits per heavy atom. The number of benzene rings is 2. The number of amides is 1. The Bertz CT molecular complexity index is 837. The molecule has 1 N–H and O–H groups in total. The van der Waals surface area contributed by atoms with Crippen molar-refractivity contribution in [3.8, 4) is 5.69 Å². The van der Waals surface area contributed by atoms with Crippen LogP contribution < -0.4 is 5.32 Å². The standard InChI is InChI=1S/C17H15ClN4OS/c1-12(16(23)20-15-10-6-5-9-14(15)18)24-17-21-19-11-22(17)13-7-3-2-4-8-13/h2-12H,1H3,(H,20,23). The Morgan fingerprint density at radius 2 is 1.88 bits per heavy atom. The molecule has 3 aromatic rings. The lowest BCUT2D eigenvalue weighted by Gasteiger charge is -2.13.